The first-order chi connectivity index (χ1) is 14.6. The van der Waals surface area contributed by atoms with Crippen molar-refractivity contribution >= 4 is 34.6 Å². The van der Waals surface area contributed by atoms with Crippen molar-refractivity contribution < 1.29 is 14.4 Å². The number of carbonyl (C=O) groups is 3. The molecule has 2 saturated heterocycles. The zero-order valence-corrected chi connectivity index (χ0v) is 17.3. The van der Waals surface area contributed by atoms with E-state index in [1.54, 1.807) is 18.3 Å². The lowest BCUT2D eigenvalue weighted by molar-refractivity contribution is -0.125. The Kier molecular flexibility index (Phi) is 6.29. The molecule has 2 aromatic rings. The van der Waals surface area contributed by atoms with Gasteiger partial charge in [-0.1, -0.05) is 30.0 Å². The van der Waals surface area contributed by atoms with E-state index in [2.05, 4.69) is 21.3 Å². The summed E-state index contributed by atoms with van der Waals surface area (Å²) in [5.74, 6) is 0.0488. The summed E-state index contributed by atoms with van der Waals surface area (Å²) in [6.07, 6.45) is 3.64. The number of carbonyl (C=O) groups excluding carboxylic acids is 3. The summed E-state index contributed by atoms with van der Waals surface area (Å²) < 4.78 is 0. The summed E-state index contributed by atoms with van der Waals surface area (Å²) in [4.78, 5) is 45.5. The Morgan fingerprint density at radius 2 is 1.77 bits per heavy atom. The lowest BCUT2D eigenvalue weighted by Gasteiger charge is -2.34. The molecule has 4 amide bonds. The minimum atomic E-state index is -0.208. The summed E-state index contributed by atoms with van der Waals surface area (Å²) in [6, 6.07) is 11.1. The third-order valence-electron chi connectivity index (χ3n) is 5.17. The summed E-state index contributed by atoms with van der Waals surface area (Å²) >= 11 is 1.03. The molecular formula is C21H23N5O3S. The van der Waals surface area contributed by atoms with Crippen LogP contribution in [0.4, 0.5) is 15.3 Å². The van der Waals surface area contributed by atoms with Crippen LogP contribution in [0.1, 0.15) is 11.1 Å². The number of hydrogen-bond acceptors (Lipinski definition) is 6. The number of amides is 4. The van der Waals surface area contributed by atoms with Gasteiger partial charge in [-0.15, -0.1) is 0 Å². The van der Waals surface area contributed by atoms with Crippen LogP contribution < -0.4 is 5.32 Å². The molecule has 3 heterocycles. The fourth-order valence-electron chi connectivity index (χ4n) is 3.47. The molecule has 0 spiro atoms. The molecule has 1 aromatic carbocycles. The number of thioether (sulfide) groups is 1. The Morgan fingerprint density at radius 1 is 1.00 bits per heavy atom. The van der Waals surface area contributed by atoms with E-state index in [1.165, 1.54) is 10.5 Å². The molecule has 30 heavy (non-hydrogen) atoms. The number of nitrogens with zero attached hydrogens (tertiary/aromatic N) is 4. The molecule has 156 valence electrons. The lowest BCUT2D eigenvalue weighted by Crippen LogP contribution is -2.49. The number of benzene rings is 1. The van der Waals surface area contributed by atoms with Crippen molar-refractivity contribution in [2.24, 2.45) is 0 Å². The van der Waals surface area contributed by atoms with Crippen LogP contribution in [0.25, 0.3) is 0 Å². The van der Waals surface area contributed by atoms with Gasteiger partial charge in [0.2, 0.25) is 5.91 Å². The van der Waals surface area contributed by atoms with Crippen LogP contribution in [-0.4, -0.2) is 68.8 Å². The zero-order chi connectivity index (χ0) is 20.9. The molecule has 2 aliphatic heterocycles. The molecule has 1 aromatic heterocycles. The number of aromatic nitrogens is 1. The maximum Gasteiger partial charge on any atom is 0.321 e. The van der Waals surface area contributed by atoms with Gasteiger partial charge in [0.05, 0.1) is 12.3 Å². The number of pyridine rings is 1. The van der Waals surface area contributed by atoms with Gasteiger partial charge < -0.3 is 10.2 Å². The van der Waals surface area contributed by atoms with Gasteiger partial charge in [-0.05, 0) is 29.3 Å². The molecule has 0 unspecified atom stereocenters. The highest BCUT2D eigenvalue weighted by molar-refractivity contribution is 8.14. The van der Waals surface area contributed by atoms with E-state index in [1.807, 2.05) is 29.3 Å². The number of imide groups is 1. The molecule has 0 atom stereocenters. The normalized spacial score (nSPS) is 17.5. The first kappa shape index (κ1) is 20.4. The Labute approximate surface area is 179 Å². The highest BCUT2D eigenvalue weighted by Gasteiger charge is 2.29. The van der Waals surface area contributed by atoms with Crippen molar-refractivity contribution in [2.75, 3.05) is 37.2 Å². The Balaban J connectivity index is 1.25. The molecule has 9 heteroatoms. The second-order valence-electron chi connectivity index (χ2n) is 7.29. The molecule has 8 nitrogen and oxygen atoms in total. The molecule has 4 rings (SSSR count). The van der Waals surface area contributed by atoms with Crippen molar-refractivity contribution in [3.05, 3.63) is 59.9 Å². The second-order valence-corrected chi connectivity index (χ2v) is 8.21. The molecule has 0 radical (unpaired) electrons. The van der Waals surface area contributed by atoms with Gasteiger partial charge in [0.25, 0.3) is 5.24 Å². The van der Waals surface area contributed by atoms with Crippen LogP contribution in [0.15, 0.2) is 48.8 Å². The van der Waals surface area contributed by atoms with E-state index in [0.717, 1.165) is 37.0 Å². The first-order valence-electron chi connectivity index (χ1n) is 9.82. The molecular weight excluding hydrogens is 402 g/mol. The van der Waals surface area contributed by atoms with Gasteiger partial charge in [-0.2, -0.15) is 0 Å². The summed E-state index contributed by atoms with van der Waals surface area (Å²) in [5.41, 5.74) is 2.71. The molecule has 2 aliphatic rings. The molecule has 0 aliphatic carbocycles. The second kappa shape index (κ2) is 9.27. The highest BCUT2D eigenvalue weighted by Crippen LogP contribution is 2.22. The maximum atomic E-state index is 12.6. The zero-order valence-electron chi connectivity index (χ0n) is 16.5. The van der Waals surface area contributed by atoms with Crippen LogP contribution in [0.5, 0.6) is 0 Å². The topological polar surface area (TPSA) is 85.8 Å². The smallest absolute Gasteiger partial charge is 0.321 e. The Morgan fingerprint density at radius 3 is 2.40 bits per heavy atom. The summed E-state index contributed by atoms with van der Waals surface area (Å²) in [5, 5.41) is 2.71. The van der Waals surface area contributed by atoms with E-state index >= 15 is 0 Å². The van der Waals surface area contributed by atoms with Crippen LogP contribution >= 0.6 is 11.8 Å². The van der Waals surface area contributed by atoms with Crippen molar-refractivity contribution in [3.63, 3.8) is 0 Å². The highest BCUT2D eigenvalue weighted by atomic mass is 32.2. The minimum absolute atomic E-state index is 0.120. The quantitative estimate of drug-likeness (QED) is 0.793. The van der Waals surface area contributed by atoms with E-state index in [4.69, 9.17) is 0 Å². The van der Waals surface area contributed by atoms with Crippen LogP contribution in [0, 0.1) is 0 Å². The lowest BCUT2D eigenvalue weighted by atomic mass is 10.2. The number of nitrogens with one attached hydrogen (secondary N) is 1. The standard InChI is InChI=1S/C21H23N5O3S/c27-19-15-30-21(29)26(19)14-16-3-5-18(6-4-16)23-20(28)25-10-8-24(9-11-25)13-17-2-1-7-22-12-17/h1-7,12H,8-11,13-15H2,(H,23,28). The summed E-state index contributed by atoms with van der Waals surface area (Å²) in [7, 11) is 0. The monoisotopic (exact) mass is 425 g/mol. The fraction of sp³-hybridized carbons (Fsp3) is 0.333. The van der Waals surface area contributed by atoms with E-state index in [0.29, 0.717) is 18.8 Å². The molecule has 0 bridgehead atoms. The number of piperazine rings is 1. The predicted molar refractivity (Wildman–Crippen MR) is 115 cm³/mol. The minimum Gasteiger partial charge on any atom is -0.322 e. The average Bonchev–Trinajstić information content (AvgIpc) is 3.08. The average molecular weight is 426 g/mol. The predicted octanol–water partition coefficient (Wildman–Crippen LogP) is 2.63. The maximum absolute atomic E-state index is 12.6. The van der Waals surface area contributed by atoms with Gasteiger partial charge >= 0.3 is 6.03 Å². The number of hydrogen-bond donors (Lipinski definition) is 1. The Hall–Kier alpha value is -2.91. The van der Waals surface area contributed by atoms with Crippen LogP contribution in [0.2, 0.25) is 0 Å². The largest absolute Gasteiger partial charge is 0.322 e. The van der Waals surface area contributed by atoms with Crippen LogP contribution in [-0.2, 0) is 17.9 Å². The van der Waals surface area contributed by atoms with Gasteiger partial charge in [-0.25, -0.2) is 4.79 Å². The number of anilines is 1. The van der Waals surface area contributed by atoms with Crippen LogP contribution in [0.3, 0.4) is 0 Å². The van der Waals surface area contributed by atoms with Crippen molar-refractivity contribution in [2.45, 2.75) is 13.1 Å². The molecule has 2 fully saturated rings. The number of rotatable bonds is 5. The van der Waals surface area contributed by atoms with Gasteiger partial charge in [-0.3, -0.25) is 24.4 Å². The molecule has 1 N–H and O–H groups in total. The van der Waals surface area contributed by atoms with Crippen molar-refractivity contribution in [3.8, 4) is 0 Å². The SMILES string of the molecule is O=C(Nc1ccc(CN2C(=O)CSC2=O)cc1)N1CCN(Cc2cccnc2)CC1. The third-order valence-corrected chi connectivity index (χ3v) is 6.03. The van der Waals surface area contributed by atoms with E-state index in [9.17, 15) is 14.4 Å². The van der Waals surface area contributed by atoms with E-state index in [-0.39, 0.29) is 29.5 Å². The molecule has 0 saturated carbocycles. The first-order valence-corrected chi connectivity index (χ1v) is 10.8. The van der Waals surface area contributed by atoms with E-state index < -0.39 is 0 Å². The Bertz CT molecular complexity index is 898. The fourth-order valence-corrected chi connectivity index (χ4v) is 4.20. The van der Waals surface area contributed by atoms with Gasteiger partial charge in [0.15, 0.2) is 0 Å². The van der Waals surface area contributed by atoms with Gasteiger partial charge in [0, 0.05) is 50.8 Å². The van der Waals surface area contributed by atoms with Crippen molar-refractivity contribution in [1.82, 2.24) is 19.7 Å². The van der Waals surface area contributed by atoms with Crippen molar-refractivity contribution in [1.29, 1.82) is 0 Å². The third kappa shape index (κ3) is 4.98. The number of urea groups is 1. The van der Waals surface area contributed by atoms with Gasteiger partial charge in [0.1, 0.15) is 0 Å². The summed E-state index contributed by atoms with van der Waals surface area (Å²) in [6.45, 7) is 4.07.